The summed E-state index contributed by atoms with van der Waals surface area (Å²) in [5.41, 5.74) is 16.4. The Labute approximate surface area is 323 Å². The van der Waals surface area contributed by atoms with E-state index in [1.807, 2.05) is 0 Å². The van der Waals surface area contributed by atoms with Crippen LogP contribution in [0.15, 0.2) is 211 Å². The highest BCUT2D eigenvalue weighted by Crippen LogP contribution is 2.61. The Kier molecular flexibility index (Phi) is 8.33. The summed E-state index contributed by atoms with van der Waals surface area (Å²) in [5, 5.41) is 3.67. The molecule has 0 spiro atoms. The first-order valence-electron chi connectivity index (χ1n) is 19.3. The van der Waals surface area contributed by atoms with Gasteiger partial charge in [0.05, 0.1) is 18.0 Å². The van der Waals surface area contributed by atoms with Crippen molar-refractivity contribution < 1.29 is 0 Å². The van der Waals surface area contributed by atoms with E-state index in [0.717, 1.165) is 17.8 Å². The minimum Gasteiger partial charge on any atom is -0.366 e. The van der Waals surface area contributed by atoms with Crippen molar-refractivity contribution in [3.8, 4) is 0 Å². The summed E-state index contributed by atoms with van der Waals surface area (Å²) < 4.78 is 0. The van der Waals surface area contributed by atoms with Gasteiger partial charge in [0.1, 0.15) is 5.84 Å². The van der Waals surface area contributed by atoms with Gasteiger partial charge >= 0.3 is 0 Å². The molecule has 0 saturated carbocycles. The van der Waals surface area contributed by atoms with Gasteiger partial charge in [0.15, 0.2) is 0 Å². The molecule has 0 radical (unpaired) electrons. The second-order valence-electron chi connectivity index (χ2n) is 14.7. The molecule has 1 aliphatic heterocycles. The second-order valence-corrected chi connectivity index (χ2v) is 14.7. The van der Waals surface area contributed by atoms with Gasteiger partial charge in [0.25, 0.3) is 0 Å². The average Bonchev–Trinajstić information content (AvgIpc) is 3.74. The van der Waals surface area contributed by atoms with Crippen molar-refractivity contribution in [3.05, 3.63) is 250 Å². The number of amidine groups is 1. The lowest BCUT2D eigenvalue weighted by molar-refractivity contribution is 0.666. The van der Waals surface area contributed by atoms with Crippen LogP contribution in [0.4, 0.5) is 11.4 Å². The van der Waals surface area contributed by atoms with Gasteiger partial charge in [0, 0.05) is 29.0 Å². The molecule has 0 amide bonds. The van der Waals surface area contributed by atoms with E-state index >= 15 is 0 Å². The number of aliphatic imine (C=N–C) groups is 1. The van der Waals surface area contributed by atoms with E-state index in [4.69, 9.17) is 4.99 Å². The molecular weight excluding hydrogens is 667 g/mol. The number of anilines is 2. The minimum atomic E-state index is -0.394. The van der Waals surface area contributed by atoms with Crippen LogP contribution in [0.25, 0.3) is 11.1 Å². The van der Waals surface area contributed by atoms with Gasteiger partial charge in [-0.15, -0.1) is 0 Å². The number of allylic oxidation sites excluding steroid dienone is 2. The van der Waals surface area contributed by atoms with Gasteiger partial charge in [-0.05, 0) is 92.9 Å². The van der Waals surface area contributed by atoms with Crippen molar-refractivity contribution in [2.75, 3.05) is 4.90 Å². The van der Waals surface area contributed by atoms with Crippen LogP contribution in [0, 0.1) is 0 Å². The molecule has 55 heavy (non-hydrogen) atoms. The molecule has 0 saturated heterocycles. The van der Waals surface area contributed by atoms with Gasteiger partial charge in [-0.1, -0.05) is 164 Å². The lowest BCUT2D eigenvalue weighted by Crippen LogP contribution is -2.35. The maximum Gasteiger partial charge on any atom is 0.128 e. The number of para-hydroxylation sites is 1. The Balaban J connectivity index is 1.06. The SMILES string of the molecule is C1=C2c3ccccc3N(c3ccc(C(=NCc4ccccc4)NCc4ccccc4)cc3)C2CC2=C1c1ccccc1C2(c1ccccc1)c1ccccc1. The van der Waals surface area contributed by atoms with Gasteiger partial charge in [-0.25, -0.2) is 0 Å². The van der Waals surface area contributed by atoms with Crippen LogP contribution in [0.2, 0.25) is 0 Å². The third kappa shape index (κ3) is 5.63. The second kappa shape index (κ2) is 13.9. The molecule has 3 nitrogen and oxygen atoms in total. The molecule has 0 aromatic heterocycles. The Hall–Kier alpha value is -6.71. The van der Waals surface area contributed by atoms with Crippen LogP contribution in [0.5, 0.6) is 0 Å². The molecule has 3 heteroatoms. The summed E-state index contributed by atoms with van der Waals surface area (Å²) in [5.74, 6) is 0.897. The molecule has 1 N–H and O–H groups in total. The third-order valence-corrected chi connectivity index (χ3v) is 11.6. The van der Waals surface area contributed by atoms with Crippen LogP contribution in [-0.2, 0) is 18.5 Å². The summed E-state index contributed by atoms with van der Waals surface area (Å²) >= 11 is 0. The van der Waals surface area contributed by atoms with Gasteiger partial charge in [0.2, 0.25) is 0 Å². The lowest BCUT2D eigenvalue weighted by atomic mass is 9.64. The quantitative estimate of drug-likeness (QED) is 0.126. The van der Waals surface area contributed by atoms with E-state index in [1.54, 1.807) is 0 Å². The van der Waals surface area contributed by atoms with Gasteiger partial charge < -0.3 is 10.2 Å². The van der Waals surface area contributed by atoms with Crippen LogP contribution in [-0.4, -0.2) is 11.9 Å². The molecule has 7 aromatic carbocycles. The number of fused-ring (bicyclic) bond motifs is 5. The summed E-state index contributed by atoms with van der Waals surface area (Å²) in [6, 6.07) is 70.5. The first kappa shape index (κ1) is 32.9. The maximum atomic E-state index is 5.11. The zero-order valence-corrected chi connectivity index (χ0v) is 30.6. The Bertz CT molecular complexity index is 2530. The third-order valence-electron chi connectivity index (χ3n) is 11.6. The number of nitrogens with zero attached hydrogens (tertiary/aromatic N) is 2. The zero-order chi connectivity index (χ0) is 36.6. The first-order valence-corrected chi connectivity index (χ1v) is 19.3. The predicted molar refractivity (Wildman–Crippen MR) is 227 cm³/mol. The molecule has 7 aromatic rings. The Morgan fingerprint density at radius 3 is 1.82 bits per heavy atom. The zero-order valence-electron chi connectivity index (χ0n) is 30.6. The standard InChI is InChI=1S/C52H41N3/c1-5-17-37(18-6-1)35-53-51(54-36-38-19-7-2-8-20-38)39-29-31-42(32-30-39)55-49-28-16-14-26-44(49)46-33-45-43-25-13-15-27-47(43)52(48(45)34-50(46)55,40-21-9-3-10-22-40)41-23-11-4-12-24-41/h1-33,50H,34-36H2,(H,53,54). The summed E-state index contributed by atoms with van der Waals surface area (Å²) in [6.45, 7) is 1.32. The van der Waals surface area contributed by atoms with Crippen LogP contribution in [0.1, 0.15) is 50.9 Å². The van der Waals surface area contributed by atoms with E-state index in [2.05, 4.69) is 210 Å². The van der Waals surface area contributed by atoms with Crippen molar-refractivity contribution in [1.29, 1.82) is 0 Å². The maximum absolute atomic E-state index is 5.11. The average molecular weight is 708 g/mol. The van der Waals surface area contributed by atoms with Crippen LogP contribution < -0.4 is 10.2 Å². The smallest absolute Gasteiger partial charge is 0.128 e. The normalized spacial score (nSPS) is 16.5. The first-order chi connectivity index (χ1) is 27.3. The van der Waals surface area contributed by atoms with Crippen molar-refractivity contribution in [3.63, 3.8) is 0 Å². The predicted octanol–water partition coefficient (Wildman–Crippen LogP) is 11.5. The Morgan fingerprint density at radius 2 is 1.15 bits per heavy atom. The number of nitrogens with one attached hydrogen (secondary N) is 1. The number of hydrogen-bond acceptors (Lipinski definition) is 2. The summed E-state index contributed by atoms with van der Waals surface area (Å²) in [6.07, 6.45) is 3.42. The van der Waals surface area contributed by atoms with Crippen LogP contribution in [0.3, 0.4) is 0 Å². The van der Waals surface area contributed by atoms with E-state index in [-0.39, 0.29) is 6.04 Å². The van der Waals surface area contributed by atoms with Crippen molar-refractivity contribution >= 4 is 28.4 Å². The molecule has 10 rings (SSSR count). The number of hydrogen-bond donors (Lipinski definition) is 1. The van der Waals surface area contributed by atoms with Crippen molar-refractivity contribution in [2.45, 2.75) is 31.0 Å². The van der Waals surface area contributed by atoms with E-state index in [1.165, 1.54) is 67.0 Å². The molecule has 1 unspecified atom stereocenters. The Morgan fingerprint density at radius 1 is 0.582 bits per heavy atom. The van der Waals surface area contributed by atoms with E-state index in [0.29, 0.717) is 13.1 Å². The number of benzene rings is 7. The fourth-order valence-electron chi connectivity index (χ4n) is 9.22. The summed E-state index contributed by atoms with van der Waals surface area (Å²) in [4.78, 5) is 7.69. The van der Waals surface area contributed by atoms with Crippen LogP contribution >= 0.6 is 0 Å². The topological polar surface area (TPSA) is 27.6 Å². The molecule has 264 valence electrons. The molecule has 0 fully saturated rings. The lowest BCUT2D eigenvalue weighted by Gasteiger charge is -2.39. The van der Waals surface area contributed by atoms with Gasteiger partial charge in [-0.3, -0.25) is 4.99 Å². The summed E-state index contributed by atoms with van der Waals surface area (Å²) in [7, 11) is 0. The van der Waals surface area contributed by atoms with E-state index < -0.39 is 5.41 Å². The molecular formula is C52H41N3. The molecule has 1 atom stereocenters. The van der Waals surface area contributed by atoms with Gasteiger partial charge in [-0.2, -0.15) is 0 Å². The molecule has 2 aliphatic carbocycles. The fourth-order valence-corrected chi connectivity index (χ4v) is 9.22. The monoisotopic (exact) mass is 707 g/mol. The molecule has 0 bridgehead atoms. The highest BCUT2D eigenvalue weighted by atomic mass is 15.2. The fraction of sp³-hybridized carbons (Fsp3) is 0.0962. The highest BCUT2D eigenvalue weighted by Gasteiger charge is 2.51. The van der Waals surface area contributed by atoms with Crippen molar-refractivity contribution in [1.82, 2.24) is 5.32 Å². The molecule has 1 heterocycles. The largest absolute Gasteiger partial charge is 0.366 e. The van der Waals surface area contributed by atoms with E-state index in [9.17, 15) is 0 Å². The highest BCUT2D eigenvalue weighted by molar-refractivity contribution is 6.03. The minimum absolute atomic E-state index is 0.144. The molecule has 3 aliphatic rings. The van der Waals surface area contributed by atoms with Crippen molar-refractivity contribution in [2.24, 2.45) is 4.99 Å². The number of rotatable bonds is 8.